The van der Waals surface area contributed by atoms with Gasteiger partial charge in [-0.25, -0.2) is 4.98 Å². The van der Waals surface area contributed by atoms with Crippen LogP contribution in [0.4, 0.5) is 11.4 Å². The lowest BCUT2D eigenvalue weighted by Crippen LogP contribution is -2.20. The minimum absolute atomic E-state index is 0.126. The molecule has 0 radical (unpaired) electrons. The van der Waals surface area contributed by atoms with E-state index in [0.717, 1.165) is 16.9 Å². The molecule has 0 aliphatic carbocycles. The second kappa shape index (κ2) is 5.28. The number of imidazole rings is 1. The van der Waals surface area contributed by atoms with Crippen molar-refractivity contribution >= 4 is 28.3 Å². The number of nitrogens with one attached hydrogen (secondary N) is 1. The number of fused-ring (bicyclic) bond motifs is 1. The first-order valence-electron chi connectivity index (χ1n) is 6.71. The summed E-state index contributed by atoms with van der Waals surface area (Å²) in [4.78, 5) is 16.7. The number of benzene rings is 2. The molecule has 3 aromatic rings. The Labute approximate surface area is 122 Å². The summed E-state index contributed by atoms with van der Waals surface area (Å²) in [5.41, 5.74) is 8.85. The number of nitrogen functional groups attached to an aromatic ring is 1. The number of hydrogen-bond donors (Lipinski definition) is 2. The van der Waals surface area contributed by atoms with Gasteiger partial charge in [-0.15, -0.1) is 0 Å². The number of rotatable bonds is 3. The molecule has 0 aliphatic rings. The molecule has 5 nitrogen and oxygen atoms in total. The summed E-state index contributed by atoms with van der Waals surface area (Å²) in [6, 6.07) is 15.0. The van der Waals surface area contributed by atoms with Gasteiger partial charge >= 0.3 is 0 Å². The van der Waals surface area contributed by atoms with Gasteiger partial charge in [0.2, 0.25) is 5.91 Å². The van der Waals surface area contributed by atoms with Gasteiger partial charge in [-0.3, -0.25) is 4.79 Å². The molecular formula is C16H16N4O. The van der Waals surface area contributed by atoms with Crippen molar-refractivity contribution in [2.75, 3.05) is 11.1 Å². The topological polar surface area (TPSA) is 72.9 Å². The Balaban J connectivity index is 1.84. The minimum atomic E-state index is -0.126. The van der Waals surface area contributed by atoms with Crippen LogP contribution in [0.5, 0.6) is 0 Å². The highest BCUT2D eigenvalue weighted by Crippen LogP contribution is 2.18. The quantitative estimate of drug-likeness (QED) is 0.724. The van der Waals surface area contributed by atoms with E-state index in [9.17, 15) is 4.79 Å². The van der Waals surface area contributed by atoms with Gasteiger partial charge in [0.05, 0.1) is 22.4 Å². The maximum Gasteiger partial charge on any atom is 0.244 e. The zero-order valence-electron chi connectivity index (χ0n) is 11.7. The van der Waals surface area contributed by atoms with Crippen molar-refractivity contribution in [3.05, 3.63) is 54.4 Å². The number of amides is 1. The summed E-state index contributed by atoms with van der Waals surface area (Å²) in [6.07, 6.45) is 0. The molecule has 2 aromatic carbocycles. The monoisotopic (exact) mass is 280 g/mol. The number of nitrogens with zero attached hydrogens (tertiary/aromatic N) is 2. The summed E-state index contributed by atoms with van der Waals surface area (Å²) in [5.74, 6) is 0.687. The molecular weight excluding hydrogens is 264 g/mol. The predicted octanol–water partition coefficient (Wildman–Crippen LogP) is 2.57. The Hall–Kier alpha value is -2.82. The highest BCUT2D eigenvalue weighted by Gasteiger charge is 2.11. The molecule has 0 unspecified atom stereocenters. The van der Waals surface area contributed by atoms with E-state index in [0.29, 0.717) is 11.4 Å². The van der Waals surface area contributed by atoms with Gasteiger partial charge in [0, 0.05) is 0 Å². The Morgan fingerprint density at radius 1 is 1.19 bits per heavy atom. The van der Waals surface area contributed by atoms with Crippen LogP contribution in [0.1, 0.15) is 5.82 Å². The molecule has 0 fully saturated rings. The third-order valence-electron chi connectivity index (χ3n) is 3.38. The molecule has 0 bridgehead atoms. The van der Waals surface area contributed by atoms with E-state index in [1.165, 1.54) is 0 Å². The number of hydrogen-bond acceptors (Lipinski definition) is 3. The van der Waals surface area contributed by atoms with Crippen molar-refractivity contribution in [2.24, 2.45) is 0 Å². The van der Waals surface area contributed by atoms with Crippen LogP contribution < -0.4 is 11.1 Å². The largest absolute Gasteiger partial charge is 0.397 e. The fraction of sp³-hybridized carbons (Fsp3) is 0.125. The molecule has 3 N–H and O–H groups in total. The van der Waals surface area contributed by atoms with Crippen molar-refractivity contribution < 1.29 is 4.79 Å². The maximum absolute atomic E-state index is 12.2. The number of para-hydroxylation sites is 4. The Bertz CT molecular complexity index is 807. The zero-order chi connectivity index (χ0) is 14.8. The average Bonchev–Trinajstić information content (AvgIpc) is 2.78. The first-order chi connectivity index (χ1) is 10.1. The van der Waals surface area contributed by atoms with Gasteiger partial charge in [-0.1, -0.05) is 24.3 Å². The number of aryl methyl sites for hydroxylation is 1. The van der Waals surface area contributed by atoms with Crippen LogP contribution in [0.25, 0.3) is 11.0 Å². The minimum Gasteiger partial charge on any atom is -0.397 e. The smallest absolute Gasteiger partial charge is 0.244 e. The summed E-state index contributed by atoms with van der Waals surface area (Å²) < 4.78 is 1.89. The van der Waals surface area contributed by atoms with E-state index < -0.39 is 0 Å². The molecule has 1 heterocycles. The number of anilines is 2. The summed E-state index contributed by atoms with van der Waals surface area (Å²) in [6.45, 7) is 2.10. The lowest BCUT2D eigenvalue weighted by molar-refractivity contribution is -0.116. The highest BCUT2D eigenvalue weighted by atomic mass is 16.1. The van der Waals surface area contributed by atoms with Crippen LogP contribution in [0, 0.1) is 6.92 Å². The summed E-state index contributed by atoms with van der Waals surface area (Å²) in [7, 11) is 0. The van der Waals surface area contributed by atoms with E-state index in [2.05, 4.69) is 10.3 Å². The van der Waals surface area contributed by atoms with E-state index in [-0.39, 0.29) is 12.5 Å². The first-order valence-corrected chi connectivity index (χ1v) is 6.71. The summed E-state index contributed by atoms with van der Waals surface area (Å²) >= 11 is 0. The van der Waals surface area contributed by atoms with Gasteiger partial charge in [-0.2, -0.15) is 0 Å². The highest BCUT2D eigenvalue weighted by molar-refractivity contribution is 5.94. The van der Waals surface area contributed by atoms with E-state index in [1.807, 2.05) is 47.9 Å². The van der Waals surface area contributed by atoms with Crippen LogP contribution in [0.3, 0.4) is 0 Å². The Morgan fingerprint density at radius 2 is 1.90 bits per heavy atom. The van der Waals surface area contributed by atoms with E-state index in [4.69, 9.17) is 5.73 Å². The lowest BCUT2D eigenvalue weighted by Gasteiger charge is -2.10. The van der Waals surface area contributed by atoms with Crippen LogP contribution >= 0.6 is 0 Å². The molecule has 0 saturated carbocycles. The molecule has 0 aliphatic heterocycles. The number of aromatic nitrogens is 2. The third kappa shape index (κ3) is 2.58. The first kappa shape index (κ1) is 13.2. The van der Waals surface area contributed by atoms with Gasteiger partial charge in [0.15, 0.2) is 0 Å². The lowest BCUT2D eigenvalue weighted by atomic mass is 10.2. The van der Waals surface area contributed by atoms with Crippen molar-refractivity contribution in [1.29, 1.82) is 0 Å². The molecule has 21 heavy (non-hydrogen) atoms. The normalized spacial score (nSPS) is 10.7. The fourth-order valence-electron chi connectivity index (χ4n) is 2.34. The Kier molecular flexibility index (Phi) is 3.31. The second-order valence-electron chi connectivity index (χ2n) is 4.87. The van der Waals surface area contributed by atoms with E-state index in [1.54, 1.807) is 12.1 Å². The van der Waals surface area contributed by atoms with Crippen molar-refractivity contribution in [1.82, 2.24) is 9.55 Å². The standard InChI is InChI=1S/C16H16N4O/c1-11-18-14-8-4-5-9-15(14)20(11)10-16(21)19-13-7-3-2-6-12(13)17/h2-9H,10,17H2,1H3,(H,19,21). The predicted molar refractivity (Wildman–Crippen MR) is 84.0 cm³/mol. The maximum atomic E-state index is 12.2. The number of carbonyl (C=O) groups excluding carboxylic acids is 1. The van der Waals surface area contributed by atoms with E-state index >= 15 is 0 Å². The Morgan fingerprint density at radius 3 is 2.71 bits per heavy atom. The van der Waals surface area contributed by atoms with Crippen LogP contribution in [-0.4, -0.2) is 15.5 Å². The van der Waals surface area contributed by atoms with Crippen LogP contribution in [0.15, 0.2) is 48.5 Å². The third-order valence-corrected chi connectivity index (χ3v) is 3.38. The molecule has 0 atom stereocenters. The van der Waals surface area contributed by atoms with Crippen LogP contribution in [0.2, 0.25) is 0 Å². The van der Waals surface area contributed by atoms with Crippen LogP contribution in [-0.2, 0) is 11.3 Å². The van der Waals surface area contributed by atoms with Crippen molar-refractivity contribution in [2.45, 2.75) is 13.5 Å². The molecule has 106 valence electrons. The fourth-order valence-corrected chi connectivity index (χ4v) is 2.34. The second-order valence-corrected chi connectivity index (χ2v) is 4.87. The van der Waals surface area contributed by atoms with Gasteiger partial charge in [0.25, 0.3) is 0 Å². The molecule has 0 saturated heterocycles. The van der Waals surface area contributed by atoms with Gasteiger partial charge in [-0.05, 0) is 31.2 Å². The molecule has 3 rings (SSSR count). The SMILES string of the molecule is Cc1nc2ccccc2n1CC(=O)Nc1ccccc1N. The van der Waals surface area contributed by atoms with Gasteiger partial charge < -0.3 is 15.6 Å². The molecule has 5 heteroatoms. The number of nitrogens with two attached hydrogens (primary N) is 1. The van der Waals surface area contributed by atoms with Crippen molar-refractivity contribution in [3.63, 3.8) is 0 Å². The molecule has 1 amide bonds. The molecule has 1 aromatic heterocycles. The zero-order valence-corrected chi connectivity index (χ0v) is 11.7. The molecule has 0 spiro atoms. The van der Waals surface area contributed by atoms with Gasteiger partial charge in [0.1, 0.15) is 12.4 Å². The van der Waals surface area contributed by atoms with Crippen molar-refractivity contribution in [3.8, 4) is 0 Å². The number of carbonyl (C=O) groups is 1. The average molecular weight is 280 g/mol. The summed E-state index contributed by atoms with van der Waals surface area (Å²) in [5, 5.41) is 2.83.